The first-order chi connectivity index (χ1) is 10.2. The van der Waals surface area contributed by atoms with Gasteiger partial charge >= 0.3 is 0 Å². The molecule has 2 fully saturated rings. The molecule has 0 unspecified atom stereocenters. The molecule has 0 radical (unpaired) electrons. The molecule has 2 N–H and O–H groups in total. The molecule has 0 aromatic carbocycles. The number of carbonyl (C=O) groups is 2. The summed E-state index contributed by atoms with van der Waals surface area (Å²) in [5.41, 5.74) is 0.691. The van der Waals surface area contributed by atoms with Gasteiger partial charge in [0.15, 0.2) is 5.13 Å². The maximum Gasteiger partial charge on any atom is 0.229 e. The summed E-state index contributed by atoms with van der Waals surface area (Å²) in [5.74, 6) is 0.140. The van der Waals surface area contributed by atoms with Crippen molar-refractivity contribution in [2.24, 2.45) is 5.92 Å². The predicted molar refractivity (Wildman–Crippen MR) is 79.2 cm³/mol. The van der Waals surface area contributed by atoms with Gasteiger partial charge in [-0.05, 0) is 25.7 Å². The van der Waals surface area contributed by atoms with E-state index in [1.54, 1.807) is 0 Å². The zero-order valence-corrected chi connectivity index (χ0v) is 12.6. The maximum absolute atomic E-state index is 11.8. The van der Waals surface area contributed by atoms with E-state index in [0.717, 1.165) is 32.3 Å². The summed E-state index contributed by atoms with van der Waals surface area (Å²) in [6.45, 7) is 1.35. The SMILES string of the molecule is O=C(Cc1csc(NC(=O)C2CC2)n1)NC[C@H]1CCCO1. The summed E-state index contributed by atoms with van der Waals surface area (Å²) in [6, 6.07) is 0. The van der Waals surface area contributed by atoms with Crippen LogP contribution in [0.4, 0.5) is 5.13 Å². The standard InChI is InChI=1S/C14H19N3O3S/c18-12(15-7-11-2-1-5-20-11)6-10-8-21-14(16-10)17-13(19)9-3-4-9/h8-9,11H,1-7H2,(H,15,18)(H,16,17,19)/t11-/m1/s1. The van der Waals surface area contributed by atoms with E-state index >= 15 is 0 Å². The van der Waals surface area contributed by atoms with Crippen LogP contribution in [0.25, 0.3) is 0 Å². The number of hydrogen-bond acceptors (Lipinski definition) is 5. The zero-order valence-electron chi connectivity index (χ0n) is 11.8. The van der Waals surface area contributed by atoms with Gasteiger partial charge in [0.2, 0.25) is 11.8 Å². The summed E-state index contributed by atoms with van der Waals surface area (Å²) in [6.07, 6.45) is 4.40. The quantitative estimate of drug-likeness (QED) is 0.831. The van der Waals surface area contributed by atoms with Crippen molar-refractivity contribution in [3.8, 4) is 0 Å². The third kappa shape index (κ3) is 4.25. The maximum atomic E-state index is 11.8. The van der Waals surface area contributed by atoms with Gasteiger partial charge < -0.3 is 15.4 Å². The van der Waals surface area contributed by atoms with Gasteiger partial charge in [0.05, 0.1) is 18.2 Å². The number of aromatic nitrogens is 1. The number of carbonyl (C=O) groups excluding carboxylic acids is 2. The number of nitrogens with one attached hydrogen (secondary N) is 2. The number of nitrogens with zero attached hydrogens (tertiary/aromatic N) is 1. The van der Waals surface area contributed by atoms with E-state index in [-0.39, 0.29) is 30.3 Å². The third-order valence-electron chi connectivity index (χ3n) is 3.62. The number of hydrogen-bond donors (Lipinski definition) is 2. The lowest BCUT2D eigenvalue weighted by Gasteiger charge is -2.09. The molecule has 2 aliphatic rings. The number of ether oxygens (including phenoxy) is 1. The Bertz CT molecular complexity index is 521. The number of amides is 2. The minimum absolute atomic E-state index is 0.0405. The average Bonchev–Trinajstić information content (AvgIpc) is 3.02. The van der Waals surface area contributed by atoms with Crippen LogP contribution in [0.1, 0.15) is 31.4 Å². The molecule has 1 saturated carbocycles. The fourth-order valence-electron chi connectivity index (χ4n) is 2.26. The number of thiazole rings is 1. The second kappa shape index (κ2) is 6.53. The molecule has 6 nitrogen and oxygen atoms in total. The van der Waals surface area contributed by atoms with E-state index < -0.39 is 0 Å². The first kappa shape index (κ1) is 14.5. The summed E-state index contributed by atoms with van der Waals surface area (Å²) < 4.78 is 5.45. The first-order valence-electron chi connectivity index (χ1n) is 7.34. The zero-order chi connectivity index (χ0) is 14.7. The molecule has 7 heteroatoms. The van der Waals surface area contributed by atoms with Crippen molar-refractivity contribution in [1.29, 1.82) is 0 Å². The third-order valence-corrected chi connectivity index (χ3v) is 4.43. The van der Waals surface area contributed by atoms with Crippen molar-refractivity contribution in [2.75, 3.05) is 18.5 Å². The Hall–Kier alpha value is -1.47. The van der Waals surface area contributed by atoms with Gasteiger partial charge in [0.1, 0.15) is 0 Å². The molecule has 21 heavy (non-hydrogen) atoms. The summed E-state index contributed by atoms with van der Waals surface area (Å²) in [4.78, 5) is 27.7. The largest absolute Gasteiger partial charge is 0.376 e. The van der Waals surface area contributed by atoms with Crippen LogP contribution in [-0.4, -0.2) is 36.1 Å². The van der Waals surface area contributed by atoms with Crippen molar-refractivity contribution in [1.82, 2.24) is 10.3 Å². The van der Waals surface area contributed by atoms with Gasteiger partial charge in [-0.15, -0.1) is 11.3 Å². The molecular formula is C14H19N3O3S. The van der Waals surface area contributed by atoms with Crippen LogP contribution >= 0.6 is 11.3 Å². The molecule has 3 rings (SSSR count). The summed E-state index contributed by atoms with van der Waals surface area (Å²) in [7, 11) is 0. The van der Waals surface area contributed by atoms with Crippen molar-refractivity contribution >= 4 is 28.3 Å². The Kier molecular flexibility index (Phi) is 4.50. The lowest BCUT2D eigenvalue weighted by atomic mass is 10.2. The fourth-order valence-corrected chi connectivity index (χ4v) is 2.97. The van der Waals surface area contributed by atoms with Crippen molar-refractivity contribution < 1.29 is 14.3 Å². The topological polar surface area (TPSA) is 80.3 Å². The fraction of sp³-hybridized carbons (Fsp3) is 0.643. The van der Waals surface area contributed by atoms with Gasteiger partial charge in [0.25, 0.3) is 0 Å². The minimum atomic E-state index is -0.0594. The molecule has 0 spiro atoms. The second-order valence-corrected chi connectivity index (χ2v) is 6.38. The lowest BCUT2D eigenvalue weighted by Crippen LogP contribution is -2.32. The number of rotatable bonds is 6. The minimum Gasteiger partial charge on any atom is -0.376 e. The highest BCUT2D eigenvalue weighted by Crippen LogP contribution is 2.30. The monoisotopic (exact) mass is 309 g/mol. The Morgan fingerprint density at radius 3 is 2.95 bits per heavy atom. The normalized spacial score (nSPS) is 21.2. The number of anilines is 1. The smallest absolute Gasteiger partial charge is 0.229 e. The first-order valence-corrected chi connectivity index (χ1v) is 8.22. The van der Waals surface area contributed by atoms with Gasteiger partial charge in [-0.25, -0.2) is 4.98 Å². The molecule has 1 saturated heterocycles. The van der Waals surface area contributed by atoms with Crippen LogP contribution in [-0.2, 0) is 20.7 Å². The molecule has 2 amide bonds. The van der Waals surface area contributed by atoms with Crippen LogP contribution in [0.2, 0.25) is 0 Å². The molecule has 0 bridgehead atoms. The summed E-state index contributed by atoms with van der Waals surface area (Å²) >= 11 is 1.36. The van der Waals surface area contributed by atoms with Crippen molar-refractivity contribution in [3.05, 3.63) is 11.1 Å². The van der Waals surface area contributed by atoms with Crippen LogP contribution in [0.5, 0.6) is 0 Å². The van der Waals surface area contributed by atoms with Crippen LogP contribution in [0, 0.1) is 5.92 Å². The molecule has 1 aromatic rings. The highest BCUT2D eigenvalue weighted by Gasteiger charge is 2.30. The van der Waals surface area contributed by atoms with E-state index in [2.05, 4.69) is 15.6 Å². The Morgan fingerprint density at radius 1 is 1.38 bits per heavy atom. The molecule has 114 valence electrons. The average molecular weight is 309 g/mol. The van der Waals surface area contributed by atoms with E-state index in [1.807, 2.05) is 5.38 Å². The van der Waals surface area contributed by atoms with Gasteiger partial charge in [0, 0.05) is 24.4 Å². The molecule has 1 aliphatic heterocycles. The van der Waals surface area contributed by atoms with E-state index in [9.17, 15) is 9.59 Å². The van der Waals surface area contributed by atoms with E-state index in [1.165, 1.54) is 11.3 Å². The molecule has 1 atom stereocenters. The van der Waals surface area contributed by atoms with Gasteiger partial charge in [-0.3, -0.25) is 9.59 Å². The van der Waals surface area contributed by atoms with Crippen LogP contribution in [0.3, 0.4) is 0 Å². The van der Waals surface area contributed by atoms with E-state index in [0.29, 0.717) is 17.4 Å². The lowest BCUT2D eigenvalue weighted by molar-refractivity contribution is -0.121. The Labute approximate surface area is 127 Å². The highest BCUT2D eigenvalue weighted by atomic mass is 32.1. The summed E-state index contributed by atoms with van der Waals surface area (Å²) in [5, 5.41) is 8.05. The Balaban J connectivity index is 1.42. The van der Waals surface area contributed by atoms with Crippen LogP contribution < -0.4 is 10.6 Å². The molecule has 1 aliphatic carbocycles. The second-order valence-electron chi connectivity index (χ2n) is 5.52. The highest BCUT2D eigenvalue weighted by molar-refractivity contribution is 7.13. The van der Waals surface area contributed by atoms with E-state index in [4.69, 9.17) is 4.74 Å². The van der Waals surface area contributed by atoms with Crippen molar-refractivity contribution in [3.63, 3.8) is 0 Å². The van der Waals surface area contributed by atoms with Gasteiger partial charge in [-0.1, -0.05) is 0 Å². The van der Waals surface area contributed by atoms with Gasteiger partial charge in [-0.2, -0.15) is 0 Å². The molecule has 1 aromatic heterocycles. The van der Waals surface area contributed by atoms with Crippen LogP contribution in [0.15, 0.2) is 5.38 Å². The van der Waals surface area contributed by atoms with Crippen molar-refractivity contribution in [2.45, 2.75) is 38.2 Å². The molecule has 2 heterocycles. The predicted octanol–water partition coefficient (Wildman–Crippen LogP) is 1.33. The Morgan fingerprint density at radius 2 is 2.24 bits per heavy atom. The molecular weight excluding hydrogens is 290 g/mol.